The van der Waals surface area contributed by atoms with Crippen molar-refractivity contribution in [2.24, 2.45) is 4.36 Å². The van der Waals surface area contributed by atoms with Gasteiger partial charge in [0.2, 0.25) is 0 Å². The van der Waals surface area contributed by atoms with Crippen molar-refractivity contribution in [1.29, 1.82) is 0 Å². The van der Waals surface area contributed by atoms with E-state index in [-0.39, 0.29) is 0 Å². The molecule has 0 aliphatic carbocycles. The highest BCUT2D eigenvalue weighted by Crippen LogP contribution is 2.25. The van der Waals surface area contributed by atoms with Gasteiger partial charge < -0.3 is 0 Å². The summed E-state index contributed by atoms with van der Waals surface area (Å²) in [4.78, 5) is 0.622. The summed E-state index contributed by atoms with van der Waals surface area (Å²) in [6.45, 7) is 1.89. The van der Waals surface area contributed by atoms with E-state index < -0.39 is 9.73 Å². The number of hydrogen-bond donors (Lipinski definition) is 0. The smallest absolute Gasteiger partial charge is 0.0735 e. The maximum absolute atomic E-state index is 11.9. The van der Waals surface area contributed by atoms with Crippen LogP contribution in [0, 0.1) is 6.92 Å². The van der Waals surface area contributed by atoms with Crippen molar-refractivity contribution >= 4 is 21.3 Å². The summed E-state index contributed by atoms with van der Waals surface area (Å²) >= 11 is 6.02. The molecular weight excluding hydrogens is 206 g/mol. The molecule has 0 saturated heterocycles. The SMILES string of the molecule is CN=S(C)(=O)c1cccc(C)c1Cl. The predicted octanol–water partition coefficient (Wildman–Crippen LogP) is 2.73. The Balaban J connectivity index is 3.50. The van der Waals surface area contributed by atoms with Gasteiger partial charge in [0.1, 0.15) is 0 Å². The predicted molar refractivity (Wildman–Crippen MR) is 56.9 cm³/mol. The van der Waals surface area contributed by atoms with Crippen molar-refractivity contribution < 1.29 is 4.21 Å². The lowest BCUT2D eigenvalue weighted by molar-refractivity contribution is 0.680. The molecule has 1 unspecified atom stereocenters. The summed E-state index contributed by atoms with van der Waals surface area (Å²) in [6, 6.07) is 5.48. The first-order chi connectivity index (χ1) is 5.99. The molecule has 1 aromatic rings. The van der Waals surface area contributed by atoms with Crippen molar-refractivity contribution in [3.8, 4) is 0 Å². The highest BCUT2D eigenvalue weighted by molar-refractivity contribution is 7.93. The fourth-order valence-electron chi connectivity index (χ4n) is 1.01. The molecule has 1 rings (SSSR count). The van der Waals surface area contributed by atoms with Crippen LogP contribution in [0.15, 0.2) is 27.5 Å². The molecular formula is C9H12ClNOS. The lowest BCUT2D eigenvalue weighted by atomic mass is 10.2. The van der Waals surface area contributed by atoms with Crippen molar-refractivity contribution in [2.75, 3.05) is 13.3 Å². The van der Waals surface area contributed by atoms with Gasteiger partial charge in [0, 0.05) is 13.3 Å². The van der Waals surface area contributed by atoms with Crippen LogP contribution in [-0.2, 0) is 9.73 Å². The molecule has 4 heteroatoms. The summed E-state index contributed by atoms with van der Waals surface area (Å²) in [7, 11) is -0.766. The largest absolute Gasteiger partial charge is 0.245 e. The number of aryl methyl sites for hydroxylation is 1. The second kappa shape index (κ2) is 3.68. The molecule has 0 aliphatic heterocycles. The van der Waals surface area contributed by atoms with Gasteiger partial charge in [-0.2, -0.15) is 0 Å². The molecule has 0 saturated carbocycles. The summed E-state index contributed by atoms with van der Waals surface area (Å²) in [6.07, 6.45) is 1.59. The minimum absolute atomic E-state index is 0.556. The van der Waals surface area contributed by atoms with Crippen LogP contribution >= 0.6 is 11.6 Å². The number of nitrogens with zero attached hydrogens (tertiary/aromatic N) is 1. The monoisotopic (exact) mass is 217 g/mol. The number of hydrogen-bond acceptors (Lipinski definition) is 2. The zero-order chi connectivity index (χ0) is 10.1. The summed E-state index contributed by atoms with van der Waals surface area (Å²) in [5, 5.41) is 0.556. The average Bonchev–Trinajstić information content (AvgIpc) is 2.09. The first-order valence-electron chi connectivity index (χ1n) is 3.84. The third-order valence-corrected chi connectivity index (χ3v) is 4.38. The molecule has 0 heterocycles. The molecule has 0 amide bonds. The normalized spacial score (nSPS) is 15.1. The molecule has 72 valence electrons. The molecule has 1 aromatic carbocycles. The van der Waals surface area contributed by atoms with Crippen LogP contribution < -0.4 is 0 Å². The zero-order valence-electron chi connectivity index (χ0n) is 7.87. The number of benzene rings is 1. The maximum Gasteiger partial charge on any atom is 0.0735 e. The third-order valence-electron chi connectivity index (χ3n) is 1.91. The highest BCUT2D eigenvalue weighted by Gasteiger charge is 2.10. The fraction of sp³-hybridized carbons (Fsp3) is 0.333. The molecule has 0 radical (unpaired) electrons. The van der Waals surface area contributed by atoms with Gasteiger partial charge in [-0.3, -0.25) is 0 Å². The van der Waals surface area contributed by atoms with Crippen molar-refractivity contribution in [2.45, 2.75) is 11.8 Å². The van der Waals surface area contributed by atoms with E-state index in [0.717, 1.165) is 5.56 Å². The van der Waals surface area contributed by atoms with Crippen LogP contribution in [0.4, 0.5) is 0 Å². The van der Waals surface area contributed by atoms with Gasteiger partial charge in [0.05, 0.1) is 19.6 Å². The standard InChI is InChI=1S/C9H12ClNOS/c1-7-5-4-6-8(9(7)10)13(3,12)11-2/h4-6H,1-3H3. The molecule has 0 aliphatic rings. The Hall–Kier alpha value is -0.540. The average molecular weight is 218 g/mol. The third kappa shape index (κ3) is 2.03. The lowest BCUT2D eigenvalue weighted by Crippen LogP contribution is -1.98. The van der Waals surface area contributed by atoms with Gasteiger partial charge in [0.25, 0.3) is 0 Å². The molecule has 2 nitrogen and oxygen atoms in total. The lowest BCUT2D eigenvalue weighted by Gasteiger charge is -2.07. The van der Waals surface area contributed by atoms with Crippen LogP contribution in [0.1, 0.15) is 5.56 Å². The fourth-order valence-corrected chi connectivity index (χ4v) is 2.59. The minimum atomic E-state index is -2.31. The van der Waals surface area contributed by atoms with Crippen molar-refractivity contribution in [1.82, 2.24) is 0 Å². The van der Waals surface area contributed by atoms with E-state index in [1.165, 1.54) is 0 Å². The number of halogens is 1. The number of rotatable bonds is 1. The Morgan fingerprint density at radius 3 is 2.62 bits per heavy atom. The summed E-state index contributed by atoms with van der Waals surface area (Å²) in [5.41, 5.74) is 0.928. The Morgan fingerprint density at radius 2 is 2.08 bits per heavy atom. The summed E-state index contributed by atoms with van der Waals surface area (Å²) < 4.78 is 15.7. The van der Waals surface area contributed by atoms with E-state index in [1.54, 1.807) is 19.4 Å². The van der Waals surface area contributed by atoms with E-state index >= 15 is 0 Å². The van der Waals surface area contributed by atoms with Gasteiger partial charge in [-0.1, -0.05) is 23.7 Å². The highest BCUT2D eigenvalue weighted by atomic mass is 35.5. The van der Waals surface area contributed by atoms with Crippen LogP contribution in [0.2, 0.25) is 5.02 Å². The molecule has 0 fully saturated rings. The topological polar surface area (TPSA) is 29.4 Å². The van der Waals surface area contributed by atoms with Crippen LogP contribution in [-0.4, -0.2) is 17.5 Å². The Kier molecular flexibility index (Phi) is 2.98. The first-order valence-corrected chi connectivity index (χ1v) is 6.14. The van der Waals surface area contributed by atoms with E-state index in [1.807, 2.05) is 19.1 Å². The van der Waals surface area contributed by atoms with E-state index in [0.29, 0.717) is 9.92 Å². The van der Waals surface area contributed by atoms with Crippen LogP contribution in [0.25, 0.3) is 0 Å². The summed E-state index contributed by atoms with van der Waals surface area (Å²) in [5.74, 6) is 0. The van der Waals surface area contributed by atoms with E-state index in [2.05, 4.69) is 4.36 Å². The molecule has 0 spiro atoms. The van der Waals surface area contributed by atoms with Gasteiger partial charge in [-0.15, -0.1) is 0 Å². The molecule has 13 heavy (non-hydrogen) atoms. The van der Waals surface area contributed by atoms with Crippen LogP contribution in [0.5, 0.6) is 0 Å². The minimum Gasteiger partial charge on any atom is -0.245 e. The Bertz CT molecular complexity index is 433. The van der Waals surface area contributed by atoms with Gasteiger partial charge in [-0.25, -0.2) is 8.57 Å². The van der Waals surface area contributed by atoms with Gasteiger partial charge in [0.15, 0.2) is 0 Å². The first kappa shape index (κ1) is 10.5. The second-order valence-electron chi connectivity index (χ2n) is 2.87. The van der Waals surface area contributed by atoms with Crippen molar-refractivity contribution in [3.63, 3.8) is 0 Å². The Labute approximate surface area is 84.1 Å². The molecule has 0 N–H and O–H groups in total. The van der Waals surface area contributed by atoms with Crippen LogP contribution in [0.3, 0.4) is 0 Å². The van der Waals surface area contributed by atoms with E-state index in [4.69, 9.17) is 11.6 Å². The van der Waals surface area contributed by atoms with Gasteiger partial charge in [-0.05, 0) is 18.6 Å². The molecule has 1 atom stereocenters. The van der Waals surface area contributed by atoms with E-state index in [9.17, 15) is 4.21 Å². The van der Waals surface area contributed by atoms with Gasteiger partial charge >= 0.3 is 0 Å². The Morgan fingerprint density at radius 1 is 1.46 bits per heavy atom. The molecule has 0 bridgehead atoms. The maximum atomic E-state index is 11.9. The zero-order valence-corrected chi connectivity index (χ0v) is 9.45. The molecule has 0 aromatic heterocycles. The quantitative estimate of drug-likeness (QED) is 0.711. The second-order valence-corrected chi connectivity index (χ2v) is 5.66. The van der Waals surface area contributed by atoms with Crippen molar-refractivity contribution in [3.05, 3.63) is 28.8 Å².